The summed E-state index contributed by atoms with van der Waals surface area (Å²) in [6, 6.07) is -0.537. The van der Waals surface area contributed by atoms with Crippen LogP contribution >= 0.6 is 0 Å². The van der Waals surface area contributed by atoms with Crippen LogP contribution in [0.5, 0.6) is 0 Å². The summed E-state index contributed by atoms with van der Waals surface area (Å²) in [4.78, 5) is 24.4. The van der Waals surface area contributed by atoms with Gasteiger partial charge >= 0.3 is 5.97 Å². The summed E-state index contributed by atoms with van der Waals surface area (Å²) < 4.78 is 5.47. The number of hydrogen-bond acceptors (Lipinski definition) is 5. The standard InChI is InChI=1S/C55H109NO5/c1-3-5-7-9-11-13-14-29-33-37-41-45-49-55(60)61-50-46-42-38-34-30-27-25-23-21-19-17-15-16-18-20-22-24-26-28-32-36-40-44-48-54(59)56-52(51-57)53(58)47-43-39-35-31-12-10-8-6-4-2/h52-53,57-58H,3-51H2,1-2H3,(H,56,59). The molecule has 2 atom stereocenters. The molecule has 0 rings (SSSR count). The van der Waals surface area contributed by atoms with Gasteiger partial charge in [-0.15, -0.1) is 0 Å². The largest absolute Gasteiger partial charge is 0.466 e. The fourth-order valence-corrected chi connectivity index (χ4v) is 8.88. The number of aliphatic hydroxyl groups is 2. The van der Waals surface area contributed by atoms with E-state index in [-0.39, 0.29) is 18.5 Å². The van der Waals surface area contributed by atoms with Gasteiger partial charge in [0.05, 0.1) is 25.4 Å². The first kappa shape index (κ1) is 59.9. The summed E-state index contributed by atoms with van der Waals surface area (Å²) in [5.41, 5.74) is 0. The summed E-state index contributed by atoms with van der Waals surface area (Å²) >= 11 is 0. The van der Waals surface area contributed by atoms with Gasteiger partial charge in [-0.2, -0.15) is 0 Å². The van der Waals surface area contributed by atoms with E-state index in [1.807, 2.05) is 0 Å². The molecule has 0 radical (unpaired) electrons. The number of hydrogen-bond donors (Lipinski definition) is 3. The summed E-state index contributed by atoms with van der Waals surface area (Å²) in [5, 5.41) is 23.1. The minimum Gasteiger partial charge on any atom is -0.466 e. The van der Waals surface area contributed by atoms with E-state index < -0.39 is 12.1 Å². The van der Waals surface area contributed by atoms with Crippen LogP contribution < -0.4 is 5.32 Å². The first-order valence-electron chi connectivity index (χ1n) is 27.8. The quantitative estimate of drug-likeness (QED) is 0.0418. The van der Waals surface area contributed by atoms with E-state index in [1.165, 1.54) is 244 Å². The predicted molar refractivity (Wildman–Crippen MR) is 264 cm³/mol. The highest BCUT2D eigenvalue weighted by molar-refractivity contribution is 5.76. The van der Waals surface area contributed by atoms with Crippen molar-refractivity contribution in [3.8, 4) is 0 Å². The van der Waals surface area contributed by atoms with Crippen LogP contribution in [0.1, 0.15) is 316 Å². The Balaban J connectivity index is 3.32. The van der Waals surface area contributed by atoms with Crippen molar-refractivity contribution in [1.29, 1.82) is 0 Å². The molecule has 61 heavy (non-hydrogen) atoms. The molecule has 0 spiro atoms. The second-order valence-electron chi connectivity index (χ2n) is 19.3. The van der Waals surface area contributed by atoms with Crippen molar-refractivity contribution >= 4 is 11.9 Å². The third-order valence-electron chi connectivity index (χ3n) is 13.2. The van der Waals surface area contributed by atoms with Gasteiger partial charge in [0.25, 0.3) is 0 Å². The molecule has 2 unspecified atom stereocenters. The third-order valence-corrected chi connectivity index (χ3v) is 13.2. The molecule has 0 fully saturated rings. The lowest BCUT2D eigenvalue weighted by Crippen LogP contribution is -2.45. The van der Waals surface area contributed by atoms with E-state index in [0.29, 0.717) is 25.9 Å². The van der Waals surface area contributed by atoms with Gasteiger partial charge in [0.15, 0.2) is 0 Å². The van der Waals surface area contributed by atoms with Crippen LogP contribution in [0.4, 0.5) is 0 Å². The third kappa shape index (κ3) is 48.2. The Hall–Kier alpha value is -1.14. The highest BCUT2D eigenvalue weighted by atomic mass is 16.5. The number of amides is 1. The van der Waals surface area contributed by atoms with E-state index in [0.717, 1.165) is 38.5 Å². The molecule has 364 valence electrons. The van der Waals surface area contributed by atoms with Gasteiger partial charge in [-0.1, -0.05) is 277 Å². The molecule has 0 bridgehead atoms. The zero-order valence-electron chi connectivity index (χ0n) is 41.4. The maximum Gasteiger partial charge on any atom is 0.305 e. The van der Waals surface area contributed by atoms with Crippen molar-refractivity contribution in [2.45, 2.75) is 328 Å². The summed E-state index contributed by atoms with van der Waals surface area (Å²) in [6.45, 7) is 4.94. The molecular weight excluding hydrogens is 755 g/mol. The Morgan fingerprint density at radius 1 is 0.393 bits per heavy atom. The lowest BCUT2D eigenvalue weighted by Gasteiger charge is -2.22. The number of aliphatic hydroxyl groups excluding tert-OH is 2. The number of rotatable bonds is 52. The Morgan fingerprint density at radius 2 is 0.672 bits per heavy atom. The van der Waals surface area contributed by atoms with E-state index in [4.69, 9.17) is 4.74 Å². The SMILES string of the molecule is CCCCCCCCCCCCCCC(=O)OCCCCCCCCCCCCCCCCCCCCCCCCCC(=O)NC(CO)C(O)CCCCCCCCCCC. The molecule has 0 saturated heterocycles. The normalized spacial score (nSPS) is 12.5. The molecule has 0 aliphatic carbocycles. The zero-order valence-corrected chi connectivity index (χ0v) is 41.4. The van der Waals surface area contributed by atoms with Crippen LogP contribution in [-0.2, 0) is 14.3 Å². The topological polar surface area (TPSA) is 95.9 Å². The molecule has 0 aromatic rings. The number of esters is 1. The van der Waals surface area contributed by atoms with Crippen LogP contribution in [0.25, 0.3) is 0 Å². The Morgan fingerprint density at radius 3 is 1.00 bits per heavy atom. The second kappa shape index (κ2) is 51.5. The smallest absolute Gasteiger partial charge is 0.305 e. The van der Waals surface area contributed by atoms with Crippen LogP contribution in [-0.4, -0.2) is 47.4 Å². The van der Waals surface area contributed by atoms with Gasteiger partial charge in [-0.3, -0.25) is 9.59 Å². The Kier molecular flexibility index (Phi) is 50.5. The minimum atomic E-state index is -0.660. The van der Waals surface area contributed by atoms with Gasteiger partial charge in [-0.25, -0.2) is 0 Å². The molecule has 6 nitrogen and oxygen atoms in total. The van der Waals surface area contributed by atoms with E-state index in [1.54, 1.807) is 0 Å². The first-order chi connectivity index (χ1) is 30.0. The maximum atomic E-state index is 12.4. The number of unbranched alkanes of at least 4 members (excludes halogenated alkanes) is 41. The fourth-order valence-electron chi connectivity index (χ4n) is 8.88. The minimum absolute atomic E-state index is 0.0155. The van der Waals surface area contributed by atoms with Crippen molar-refractivity contribution in [2.75, 3.05) is 13.2 Å². The van der Waals surface area contributed by atoms with Crippen molar-refractivity contribution in [1.82, 2.24) is 5.32 Å². The predicted octanol–water partition coefficient (Wildman–Crippen LogP) is 16.7. The van der Waals surface area contributed by atoms with Gasteiger partial charge in [-0.05, 0) is 25.7 Å². The molecule has 0 saturated carbocycles. The van der Waals surface area contributed by atoms with Crippen LogP contribution in [0.2, 0.25) is 0 Å². The number of carbonyl (C=O) groups is 2. The molecular formula is C55H109NO5. The van der Waals surface area contributed by atoms with Crippen molar-refractivity contribution in [3.05, 3.63) is 0 Å². The molecule has 6 heteroatoms. The van der Waals surface area contributed by atoms with Crippen molar-refractivity contribution < 1.29 is 24.5 Å². The van der Waals surface area contributed by atoms with Crippen molar-refractivity contribution in [3.63, 3.8) is 0 Å². The van der Waals surface area contributed by atoms with Gasteiger partial charge in [0.1, 0.15) is 0 Å². The second-order valence-corrected chi connectivity index (χ2v) is 19.3. The Bertz CT molecular complexity index is 867. The number of nitrogens with one attached hydrogen (secondary N) is 1. The van der Waals surface area contributed by atoms with E-state index in [2.05, 4.69) is 19.2 Å². The monoisotopic (exact) mass is 864 g/mol. The molecule has 0 aliphatic heterocycles. The highest BCUT2D eigenvalue weighted by Gasteiger charge is 2.20. The number of carbonyl (C=O) groups excluding carboxylic acids is 2. The molecule has 1 amide bonds. The summed E-state index contributed by atoms with van der Waals surface area (Å²) in [7, 11) is 0. The van der Waals surface area contributed by atoms with Crippen LogP contribution in [0.3, 0.4) is 0 Å². The first-order valence-corrected chi connectivity index (χ1v) is 27.8. The highest BCUT2D eigenvalue weighted by Crippen LogP contribution is 2.18. The lowest BCUT2D eigenvalue weighted by molar-refractivity contribution is -0.143. The zero-order chi connectivity index (χ0) is 44.4. The lowest BCUT2D eigenvalue weighted by atomic mass is 10.0. The molecule has 0 heterocycles. The van der Waals surface area contributed by atoms with Gasteiger partial charge in [0, 0.05) is 12.8 Å². The van der Waals surface area contributed by atoms with Crippen LogP contribution in [0, 0.1) is 0 Å². The van der Waals surface area contributed by atoms with Gasteiger partial charge < -0.3 is 20.3 Å². The maximum absolute atomic E-state index is 12.4. The van der Waals surface area contributed by atoms with Crippen molar-refractivity contribution in [2.24, 2.45) is 0 Å². The van der Waals surface area contributed by atoms with E-state index >= 15 is 0 Å². The molecule has 0 aromatic heterocycles. The fraction of sp³-hybridized carbons (Fsp3) is 0.964. The summed E-state index contributed by atoms with van der Waals surface area (Å²) in [5.74, 6) is -0.0200. The van der Waals surface area contributed by atoms with E-state index in [9.17, 15) is 19.8 Å². The Labute approximate surface area is 381 Å². The van der Waals surface area contributed by atoms with Crippen LogP contribution in [0.15, 0.2) is 0 Å². The molecule has 0 aliphatic rings. The molecule has 3 N–H and O–H groups in total. The average molecular weight is 864 g/mol. The summed E-state index contributed by atoms with van der Waals surface area (Å²) in [6.07, 6.45) is 58.2. The molecule has 0 aromatic carbocycles. The van der Waals surface area contributed by atoms with Gasteiger partial charge in [0.2, 0.25) is 5.91 Å². The average Bonchev–Trinajstić information content (AvgIpc) is 3.26. The number of ether oxygens (including phenoxy) is 1.